The predicted molar refractivity (Wildman–Crippen MR) is 144 cm³/mol. The van der Waals surface area contributed by atoms with E-state index in [4.69, 9.17) is 4.74 Å². The number of likely N-dealkylation sites (tertiary alicyclic amines) is 1. The molecule has 1 saturated heterocycles. The number of hydrogen-bond donors (Lipinski definition) is 1. The van der Waals surface area contributed by atoms with Gasteiger partial charge in [-0.3, -0.25) is 9.59 Å². The Bertz CT molecular complexity index is 1040. The van der Waals surface area contributed by atoms with Gasteiger partial charge in [0.05, 0.1) is 18.7 Å². The molecular weight excluding hydrogens is 452 g/mol. The van der Waals surface area contributed by atoms with Gasteiger partial charge in [0.25, 0.3) is 11.7 Å². The van der Waals surface area contributed by atoms with E-state index in [0.29, 0.717) is 17.9 Å². The molecule has 1 N–H and O–H groups in total. The second kappa shape index (κ2) is 13.3. The summed E-state index contributed by atoms with van der Waals surface area (Å²) in [6, 6.07) is 14.1. The summed E-state index contributed by atoms with van der Waals surface area (Å²) >= 11 is 0. The van der Waals surface area contributed by atoms with Crippen LogP contribution in [0.25, 0.3) is 5.76 Å². The maximum atomic E-state index is 13.2. The summed E-state index contributed by atoms with van der Waals surface area (Å²) in [6.45, 7) is 9.82. The maximum Gasteiger partial charge on any atom is 0.295 e. The fourth-order valence-electron chi connectivity index (χ4n) is 4.67. The van der Waals surface area contributed by atoms with Crippen LogP contribution in [0.2, 0.25) is 0 Å². The molecule has 0 saturated carbocycles. The third-order valence-corrected chi connectivity index (χ3v) is 6.83. The zero-order chi connectivity index (χ0) is 26.1. The first-order valence-corrected chi connectivity index (χ1v) is 13.1. The Kier molecular flexibility index (Phi) is 10.1. The normalized spacial score (nSPS) is 17.2. The number of unbranched alkanes of at least 4 members (excludes halogenated alkanes) is 2. The number of rotatable bonds is 13. The van der Waals surface area contributed by atoms with Crippen LogP contribution in [-0.2, 0) is 9.59 Å². The highest BCUT2D eigenvalue weighted by Crippen LogP contribution is 2.39. The highest BCUT2D eigenvalue weighted by atomic mass is 16.5. The lowest BCUT2D eigenvalue weighted by Crippen LogP contribution is -2.34. The van der Waals surface area contributed by atoms with E-state index in [9.17, 15) is 14.7 Å². The van der Waals surface area contributed by atoms with Crippen LogP contribution in [0.4, 0.5) is 0 Å². The van der Waals surface area contributed by atoms with Gasteiger partial charge in [0, 0.05) is 12.1 Å². The molecule has 0 unspecified atom stereocenters. The topological polar surface area (TPSA) is 70.1 Å². The predicted octanol–water partition coefficient (Wildman–Crippen LogP) is 5.72. The van der Waals surface area contributed by atoms with Crippen LogP contribution in [0.3, 0.4) is 0 Å². The second-order valence-electron chi connectivity index (χ2n) is 9.53. The minimum absolute atomic E-state index is 0.142. The summed E-state index contributed by atoms with van der Waals surface area (Å²) in [5.41, 5.74) is 2.54. The monoisotopic (exact) mass is 492 g/mol. The van der Waals surface area contributed by atoms with Gasteiger partial charge in [-0.05, 0) is 75.6 Å². The second-order valence-corrected chi connectivity index (χ2v) is 9.53. The zero-order valence-corrected chi connectivity index (χ0v) is 22.1. The molecule has 2 aromatic carbocycles. The molecule has 0 spiro atoms. The molecule has 1 aliphatic heterocycles. The summed E-state index contributed by atoms with van der Waals surface area (Å²) in [7, 11) is 1.57. The van der Waals surface area contributed by atoms with Crippen molar-refractivity contribution in [1.82, 2.24) is 9.80 Å². The fraction of sp³-hybridized carbons (Fsp3) is 0.467. The number of aliphatic hydroxyl groups excluding tert-OH is 1. The van der Waals surface area contributed by atoms with Crippen molar-refractivity contribution < 1.29 is 19.4 Å². The molecule has 194 valence electrons. The molecule has 6 heteroatoms. The molecule has 0 aliphatic carbocycles. The number of hydrogen-bond acceptors (Lipinski definition) is 5. The molecule has 3 rings (SSSR count). The number of carbonyl (C=O) groups is 2. The van der Waals surface area contributed by atoms with Crippen molar-refractivity contribution in [1.29, 1.82) is 0 Å². The summed E-state index contributed by atoms with van der Waals surface area (Å²) in [5.74, 6) is -0.693. The minimum atomic E-state index is -0.636. The van der Waals surface area contributed by atoms with Crippen molar-refractivity contribution in [2.75, 3.05) is 33.3 Å². The van der Waals surface area contributed by atoms with Gasteiger partial charge in [0.2, 0.25) is 0 Å². The standard InChI is InChI=1S/C30H40N2O4/c1-5-7-18-31(19-8-6-2)20-9-21-32-27(23-12-10-22(3)11-13-23)26(29(34)30(32)35)28(33)24-14-16-25(36-4)17-15-24/h10-17,27,33H,5-9,18-21H2,1-4H3/t27-/m1/s1. The first-order valence-electron chi connectivity index (χ1n) is 13.1. The average Bonchev–Trinajstić information content (AvgIpc) is 3.15. The lowest BCUT2D eigenvalue weighted by Gasteiger charge is -2.27. The molecule has 36 heavy (non-hydrogen) atoms. The Hall–Kier alpha value is -3.12. The Morgan fingerprint density at radius 2 is 1.50 bits per heavy atom. The van der Waals surface area contributed by atoms with Gasteiger partial charge in [-0.1, -0.05) is 56.5 Å². The van der Waals surface area contributed by atoms with Crippen LogP contribution < -0.4 is 4.74 Å². The third-order valence-electron chi connectivity index (χ3n) is 6.83. The molecule has 1 aliphatic rings. The number of benzene rings is 2. The van der Waals surface area contributed by atoms with E-state index in [2.05, 4.69) is 18.7 Å². The van der Waals surface area contributed by atoms with Crippen molar-refractivity contribution in [3.63, 3.8) is 0 Å². The number of nitrogens with zero attached hydrogens (tertiary/aromatic N) is 2. The summed E-state index contributed by atoms with van der Waals surface area (Å²) < 4.78 is 5.21. The van der Waals surface area contributed by atoms with Crippen LogP contribution in [0.15, 0.2) is 54.1 Å². The van der Waals surface area contributed by atoms with Crippen LogP contribution in [-0.4, -0.2) is 59.9 Å². The largest absolute Gasteiger partial charge is 0.507 e. The number of methoxy groups -OCH3 is 1. The van der Waals surface area contributed by atoms with Gasteiger partial charge in [-0.15, -0.1) is 0 Å². The average molecular weight is 493 g/mol. The number of amides is 1. The molecule has 6 nitrogen and oxygen atoms in total. The Morgan fingerprint density at radius 3 is 2.06 bits per heavy atom. The van der Waals surface area contributed by atoms with Crippen LogP contribution in [0.1, 0.15) is 68.7 Å². The first-order chi connectivity index (χ1) is 17.4. The highest BCUT2D eigenvalue weighted by Gasteiger charge is 2.45. The Balaban J connectivity index is 1.90. The number of aryl methyl sites for hydroxylation is 1. The molecule has 1 atom stereocenters. The number of aliphatic hydroxyl groups is 1. The summed E-state index contributed by atoms with van der Waals surface area (Å²) in [5, 5.41) is 11.2. The molecule has 1 heterocycles. The van der Waals surface area contributed by atoms with E-state index >= 15 is 0 Å². The van der Waals surface area contributed by atoms with Crippen LogP contribution >= 0.6 is 0 Å². The lowest BCUT2D eigenvalue weighted by atomic mass is 9.94. The van der Waals surface area contributed by atoms with Crippen molar-refractivity contribution in [2.24, 2.45) is 0 Å². The van der Waals surface area contributed by atoms with Crippen molar-refractivity contribution in [3.05, 3.63) is 70.8 Å². The van der Waals surface area contributed by atoms with Crippen molar-refractivity contribution in [2.45, 2.75) is 58.9 Å². The van der Waals surface area contributed by atoms with E-state index in [1.54, 1.807) is 36.3 Å². The Labute approximate surface area is 215 Å². The van der Waals surface area contributed by atoms with Crippen LogP contribution in [0, 0.1) is 6.92 Å². The quantitative estimate of drug-likeness (QED) is 0.220. The smallest absolute Gasteiger partial charge is 0.295 e. The molecule has 0 bridgehead atoms. The SMILES string of the molecule is CCCCN(CCCC)CCCN1C(=O)C(=O)C(=C(O)c2ccc(OC)cc2)[C@H]1c1ccc(C)cc1. The summed E-state index contributed by atoms with van der Waals surface area (Å²) in [6.07, 6.45) is 5.37. The van der Waals surface area contributed by atoms with Crippen molar-refractivity contribution in [3.8, 4) is 5.75 Å². The number of ether oxygens (including phenoxy) is 1. The van der Waals surface area contributed by atoms with Gasteiger partial charge in [-0.25, -0.2) is 0 Å². The number of Topliss-reactive ketones (excluding diaryl/α,β-unsaturated/α-hetero) is 1. The van der Waals surface area contributed by atoms with E-state index in [1.165, 1.54) is 0 Å². The van der Waals surface area contributed by atoms with Gasteiger partial charge >= 0.3 is 0 Å². The van der Waals surface area contributed by atoms with Gasteiger partial charge in [-0.2, -0.15) is 0 Å². The van der Waals surface area contributed by atoms with Gasteiger partial charge in [0.1, 0.15) is 11.5 Å². The van der Waals surface area contributed by atoms with E-state index in [0.717, 1.165) is 62.9 Å². The minimum Gasteiger partial charge on any atom is -0.507 e. The zero-order valence-electron chi connectivity index (χ0n) is 22.1. The number of carbonyl (C=O) groups excluding carboxylic acids is 2. The van der Waals surface area contributed by atoms with E-state index < -0.39 is 17.7 Å². The Morgan fingerprint density at radius 1 is 0.917 bits per heavy atom. The molecule has 1 fully saturated rings. The summed E-state index contributed by atoms with van der Waals surface area (Å²) in [4.78, 5) is 30.6. The van der Waals surface area contributed by atoms with Gasteiger partial charge in [0.15, 0.2) is 0 Å². The van der Waals surface area contributed by atoms with Crippen molar-refractivity contribution >= 4 is 17.4 Å². The molecule has 1 amide bonds. The maximum absolute atomic E-state index is 13.2. The molecule has 0 aromatic heterocycles. The fourth-order valence-corrected chi connectivity index (χ4v) is 4.67. The third kappa shape index (κ3) is 6.55. The van der Waals surface area contributed by atoms with Gasteiger partial charge < -0.3 is 19.6 Å². The first kappa shape index (κ1) is 27.5. The van der Waals surface area contributed by atoms with E-state index in [1.807, 2.05) is 31.2 Å². The number of ketones is 1. The highest BCUT2D eigenvalue weighted by molar-refractivity contribution is 6.46. The van der Waals surface area contributed by atoms with Crippen LogP contribution in [0.5, 0.6) is 5.75 Å². The molecular formula is C30H40N2O4. The molecule has 2 aromatic rings. The van der Waals surface area contributed by atoms with E-state index in [-0.39, 0.29) is 11.3 Å². The lowest BCUT2D eigenvalue weighted by molar-refractivity contribution is -0.140. The molecule has 0 radical (unpaired) electrons.